The molecule has 0 aromatic heterocycles. The maximum Gasteiger partial charge on any atom is 0.407 e. The molecule has 1 heterocycles. The highest BCUT2D eigenvalue weighted by Gasteiger charge is 2.63. The third-order valence-electron chi connectivity index (χ3n) is 4.60. The molecular formula is C14H25N3O2. The van der Waals surface area contributed by atoms with Gasteiger partial charge < -0.3 is 15.4 Å². The third kappa shape index (κ3) is 2.46. The fourth-order valence-corrected chi connectivity index (χ4v) is 3.59. The normalized spacial score (nSPS) is 38.1. The Kier molecular flexibility index (Phi) is 3.21. The number of piperazine rings is 1. The van der Waals surface area contributed by atoms with Gasteiger partial charge >= 0.3 is 6.09 Å². The molecule has 4 aliphatic rings. The van der Waals surface area contributed by atoms with Gasteiger partial charge in [0.1, 0.15) is 5.60 Å². The Morgan fingerprint density at radius 2 is 1.89 bits per heavy atom. The van der Waals surface area contributed by atoms with E-state index in [-0.39, 0.29) is 6.09 Å². The van der Waals surface area contributed by atoms with E-state index >= 15 is 0 Å². The summed E-state index contributed by atoms with van der Waals surface area (Å²) < 4.78 is 5.32. The summed E-state index contributed by atoms with van der Waals surface area (Å²) in [7, 11) is 0. The van der Waals surface area contributed by atoms with E-state index in [4.69, 9.17) is 4.74 Å². The summed E-state index contributed by atoms with van der Waals surface area (Å²) in [5, 5.41) is 6.42. The second-order valence-electron chi connectivity index (χ2n) is 7.01. The number of carbonyl (C=O) groups excluding carboxylic acids is 1. The fraction of sp³-hybridized carbons (Fsp3) is 0.929. The zero-order valence-electron chi connectivity index (χ0n) is 12.1. The van der Waals surface area contributed by atoms with Crippen LogP contribution in [-0.2, 0) is 4.74 Å². The lowest BCUT2D eigenvalue weighted by Crippen LogP contribution is -2.78. The molecule has 2 bridgehead atoms. The van der Waals surface area contributed by atoms with Gasteiger partial charge in [0.05, 0.1) is 0 Å². The van der Waals surface area contributed by atoms with Crippen molar-refractivity contribution in [1.29, 1.82) is 0 Å². The van der Waals surface area contributed by atoms with E-state index in [1.165, 1.54) is 6.42 Å². The summed E-state index contributed by atoms with van der Waals surface area (Å²) >= 11 is 0. The van der Waals surface area contributed by atoms with Gasteiger partial charge in [0.25, 0.3) is 0 Å². The first kappa shape index (κ1) is 13.2. The SMILES string of the molecule is CC(C)(C)OC(=O)NC1C2CC1C2N1CCNCC1. The standard InChI is InChI=1S/C14H25N3O2/c1-14(2,3)19-13(18)16-11-9-8-10(11)12(9)17-6-4-15-5-7-17/h9-12,15H,4-8H2,1-3H3,(H,16,18). The molecule has 0 aromatic carbocycles. The highest BCUT2D eigenvalue weighted by atomic mass is 16.6. The Bertz CT molecular complexity index is 350. The Morgan fingerprint density at radius 3 is 2.42 bits per heavy atom. The van der Waals surface area contributed by atoms with Gasteiger partial charge in [0.2, 0.25) is 0 Å². The first-order valence-corrected chi connectivity index (χ1v) is 7.40. The Morgan fingerprint density at radius 1 is 1.26 bits per heavy atom. The zero-order chi connectivity index (χ0) is 13.6. The number of hydrogen-bond donors (Lipinski definition) is 2. The molecule has 3 aliphatic carbocycles. The number of nitrogens with one attached hydrogen (secondary N) is 2. The monoisotopic (exact) mass is 267 g/mol. The number of carbonyl (C=O) groups is 1. The number of hydrogen-bond acceptors (Lipinski definition) is 4. The summed E-state index contributed by atoms with van der Waals surface area (Å²) in [6, 6.07) is 1.07. The summed E-state index contributed by atoms with van der Waals surface area (Å²) in [6.45, 7) is 10.2. The lowest BCUT2D eigenvalue weighted by atomic mass is 9.47. The van der Waals surface area contributed by atoms with Gasteiger partial charge in [-0.3, -0.25) is 4.90 Å². The van der Waals surface area contributed by atoms with Crippen LogP contribution in [0.1, 0.15) is 27.2 Å². The van der Waals surface area contributed by atoms with Crippen molar-refractivity contribution >= 4 is 6.09 Å². The Labute approximate surface area is 115 Å². The van der Waals surface area contributed by atoms with Gasteiger partial charge in [-0.2, -0.15) is 0 Å². The lowest BCUT2D eigenvalue weighted by Gasteiger charge is -2.67. The van der Waals surface area contributed by atoms with Gasteiger partial charge in [-0.25, -0.2) is 4.79 Å². The van der Waals surface area contributed by atoms with Crippen molar-refractivity contribution in [1.82, 2.24) is 15.5 Å². The van der Waals surface area contributed by atoms with Crippen LogP contribution < -0.4 is 10.6 Å². The molecule has 108 valence electrons. The molecule has 1 aliphatic heterocycles. The molecule has 4 fully saturated rings. The smallest absolute Gasteiger partial charge is 0.407 e. The quantitative estimate of drug-likeness (QED) is 0.777. The second-order valence-corrected chi connectivity index (χ2v) is 7.01. The predicted octanol–water partition coefficient (Wildman–Crippen LogP) is 0.803. The van der Waals surface area contributed by atoms with Crippen molar-refractivity contribution in [3.8, 4) is 0 Å². The molecule has 4 rings (SSSR count). The van der Waals surface area contributed by atoms with E-state index in [0.717, 1.165) is 26.2 Å². The van der Waals surface area contributed by atoms with E-state index in [2.05, 4.69) is 15.5 Å². The number of amides is 1. The largest absolute Gasteiger partial charge is 0.444 e. The number of alkyl carbamates (subject to hydrolysis) is 1. The Balaban J connectivity index is 1.46. The second kappa shape index (κ2) is 4.63. The van der Waals surface area contributed by atoms with Crippen LogP contribution in [0.15, 0.2) is 0 Å². The molecule has 1 amide bonds. The predicted molar refractivity (Wildman–Crippen MR) is 73.0 cm³/mol. The highest BCUT2D eigenvalue weighted by molar-refractivity contribution is 5.68. The van der Waals surface area contributed by atoms with Gasteiger partial charge in [0.15, 0.2) is 0 Å². The van der Waals surface area contributed by atoms with Gasteiger partial charge in [-0.1, -0.05) is 0 Å². The van der Waals surface area contributed by atoms with Crippen molar-refractivity contribution in [2.75, 3.05) is 26.2 Å². The molecular weight excluding hydrogens is 242 g/mol. The van der Waals surface area contributed by atoms with Crippen LogP contribution in [0, 0.1) is 11.8 Å². The van der Waals surface area contributed by atoms with Crippen molar-refractivity contribution < 1.29 is 9.53 Å². The van der Waals surface area contributed by atoms with E-state index in [0.29, 0.717) is 23.9 Å². The average molecular weight is 267 g/mol. The minimum absolute atomic E-state index is 0.258. The highest BCUT2D eigenvalue weighted by Crippen LogP contribution is 2.56. The first-order valence-electron chi connectivity index (χ1n) is 7.40. The van der Waals surface area contributed by atoms with E-state index in [1.807, 2.05) is 20.8 Å². The molecule has 2 atom stereocenters. The average Bonchev–Trinajstić information content (AvgIpc) is 2.23. The molecule has 2 N–H and O–H groups in total. The molecule has 0 spiro atoms. The van der Waals surface area contributed by atoms with Crippen molar-refractivity contribution in [3.05, 3.63) is 0 Å². The van der Waals surface area contributed by atoms with Gasteiger partial charge in [-0.15, -0.1) is 0 Å². The van der Waals surface area contributed by atoms with Crippen LogP contribution in [0.4, 0.5) is 4.79 Å². The zero-order valence-corrected chi connectivity index (χ0v) is 12.1. The van der Waals surface area contributed by atoms with E-state index in [9.17, 15) is 4.79 Å². The molecule has 19 heavy (non-hydrogen) atoms. The number of nitrogens with zero attached hydrogens (tertiary/aromatic N) is 1. The molecule has 5 nitrogen and oxygen atoms in total. The van der Waals surface area contributed by atoms with Crippen LogP contribution in [0.2, 0.25) is 0 Å². The van der Waals surface area contributed by atoms with Gasteiger partial charge in [0, 0.05) is 38.3 Å². The topological polar surface area (TPSA) is 53.6 Å². The van der Waals surface area contributed by atoms with Crippen LogP contribution in [0.3, 0.4) is 0 Å². The maximum atomic E-state index is 11.8. The minimum Gasteiger partial charge on any atom is -0.444 e. The summed E-state index contributed by atoms with van der Waals surface area (Å²) in [4.78, 5) is 14.3. The van der Waals surface area contributed by atoms with Gasteiger partial charge in [-0.05, 0) is 39.0 Å². The van der Waals surface area contributed by atoms with Crippen molar-refractivity contribution in [3.63, 3.8) is 0 Å². The number of rotatable bonds is 2. The molecule has 5 heteroatoms. The summed E-state index contributed by atoms with van der Waals surface area (Å²) in [6.07, 6.45) is 1.01. The van der Waals surface area contributed by atoms with Crippen LogP contribution in [-0.4, -0.2) is 54.9 Å². The summed E-state index contributed by atoms with van der Waals surface area (Å²) in [5.41, 5.74) is -0.407. The van der Waals surface area contributed by atoms with Crippen LogP contribution >= 0.6 is 0 Å². The van der Waals surface area contributed by atoms with Crippen LogP contribution in [0.5, 0.6) is 0 Å². The molecule has 3 saturated carbocycles. The Hall–Kier alpha value is -0.810. The minimum atomic E-state index is -0.407. The van der Waals surface area contributed by atoms with Crippen molar-refractivity contribution in [2.45, 2.75) is 44.9 Å². The lowest BCUT2D eigenvalue weighted by molar-refractivity contribution is -0.150. The maximum absolute atomic E-state index is 11.8. The summed E-state index contributed by atoms with van der Waals surface area (Å²) in [5.74, 6) is 1.30. The third-order valence-corrected chi connectivity index (χ3v) is 4.60. The fourth-order valence-electron chi connectivity index (χ4n) is 3.59. The number of ether oxygens (including phenoxy) is 1. The molecule has 0 radical (unpaired) electrons. The van der Waals surface area contributed by atoms with E-state index in [1.54, 1.807) is 0 Å². The first-order chi connectivity index (χ1) is 8.96. The van der Waals surface area contributed by atoms with Crippen LogP contribution in [0.25, 0.3) is 0 Å². The van der Waals surface area contributed by atoms with E-state index < -0.39 is 5.60 Å². The van der Waals surface area contributed by atoms with Crippen molar-refractivity contribution in [2.24, 2.45) is 11.8 Å². The molecule has 1 saturated heterocycles. The molecule has 2 unspecified atom stereocenters. The molecule has 0 aromatic rings.